The molecule has 1 heterocycles. The van der Waals surface area contributed by atoms with E-state index in [0.717, 1.165) is 12.1 Å². The van der Waals surface area contributed by atoms with Gasteiger partial charge in [-0.3, -0.25) is 4.90 Å². The fraction of sp³-hybridized carbons (Fsp3) is 1.00. The van der Waals surface area contributed by atoms with Crippen LogP contribution in [-0.2, 0) is 0 Å². The van der Waals surface area contributed by atoms with Crippen LogP contribution in [0.25, 0.3) is 0 Å². The monoisotopic (exact) mass is 125 g/mol. The molecule has 9 heavy (non-hydrogen) atoms. The number of hydrogen-bond acceptors (Lipinski definition) is 1. The molecular weight excluding hydrogens is 110 g/mol. The van der Waals surface area contributed by atoms with Gasteiger partial charge in [0.15, 0.2) is 0 Å². The maximum absolute atomic E-state index is 2.63. The van der Waals surface area contributed by atoms with Crippen molar-refractivity contribution in [2.24, 2.45) is 0 Å². The van der Waals surface area contributed by atoms with Gasteiger partial charge in [0, 0.05) is 12.1 Å². The smallest absolute Gasteiger partial charge is 0.0255 e. The van der Waals surface area contributed by atoms with Crippen LogP contribution in [0, 0.1) is 0 Å². The Morgan fingerprint density at radius 3 is 2.22 bits per heavy atom. The molecule has 0 radical (unpaired) electrons. The minimum atomic E-state index is 1.02. The second-order valence-electron chi connectivity index (χ2n) is 3.25. The minimum absolute atomic E-state index is 1.02. The summed E-state index contributed by atoms with van der Waals surface area (Å²) in [5, 5.41) is 0. The largest absolute Gasteiger partial charge is 0.295 e. The molecule has 2 rings (SSSR count). The molecule has 3 atom stereocenters. The number of fused-ring (bicyclic) bond motifs is 1. The van der Waals surface area contributed by atoms with Crippen molar-refractivity contribution in [3.8, 4) is 0 Å². The van der Waals surface area contributed by atoms with Crippen LogP contribution in [0.2, 0.25) is 0 Å². The summed E-state index contributed by atoms with van der Waals surface area (Å²) < 4.78 is 0. The summed E-state index contributed by atoms with van der Waals surface area (Å²) in [6.45, 7) is 3.56. The highest BCUT2D eigenvalue weighted by Crippen LogP contribution is 2.39. The zero-order chi connectivity index (χ0) is 6.27. The molecule has 52 valence electrons. The zero-order valence-corrected chi connectivity index (χ0v) is 6.14. The molecule has 0 aromatic heterocycles. The minimum Gasteiger partial charge on any atom is -0.295 e. The second-order valence-corrected chi connectivity index (χ2v) is 3.25. The van der Waals surface area contributed by atoms with Crippen molar-refractivity contribution in [2.75, 3.05) is 6.54 Å². The van der Waals surface area contributed by atoms with Gasteiger partial charge >= 0.3 is 0 Å². The van der Waals surface area contributed by atoms with Gasteiger partial charge in [0.25, 0.3) is 0 Å². The zero-order valence-electron chi connectivity index (χ0n) is 6.14. The quantitative estimate of drug-likeness (QED) is 0.481. The van der Waals surface area contributed by atoms with Gasteiger partial charge in [0.1, 0.15) is 0 Å². The Hall–Kier alpha value is -0.0400. The average molecular weight is 125 g/mol. The summed E-state index contributed by atoms with van der Waals surface area (Å²) >= 11 is 0. The Morgan fingerprint density at radius 1 is 1.22 bits per heavy atom. The van der Waals surface area contributed by atoms with Crippen molar-refractivity contribution in [2.45, 2.75) is 44.7 Å². The number of nitrogens with zero attached hydrogens (tertiary/aromatic N) is 1. The first kappa shape index (κ1) is 5.72. The Kier molecular flexibility index (Phi) is 1.26. The molecule has 0 spiro atoms. The summed E-state index contributed by atoms with van der Waals surface area (Å²) in [4.78, 5) is 2.63. The first-order chi connectivity index (χ1) is 4.43. The third-order valence-electron chi connectivity index (χ3n) is 2.82. The van der Waals surface area contributed by atoms with Crippen LogP contribution < -0.4 is 0 Å². The molecule has 1 saturated heterocycles. The maximum atomic E-state index is 2.63. The molecular formula is C8H15N. The predicted molar refractivity (Wildman–Crippen MR) is 38.4 cm³/mol. The molecule has 0 aromatic rings. The van der Waals surface area contributed by atoms with E-state index in [-0.39, 0.29) is 0 Å². The van der Waals surface area contributed by atoms with Crippen LogP contribution >= 0.6 is 0 Å². The van der Waals surface area contributed by atoms with E-state index in [2.05, 4.69) is 11.8 Å². The normalized spacial score (nSPS) is 48.3. The van der Waals surface area contributed by atoms with Gasteiger partial charge in [-0.1, -0.05) is 19.8 Å². The highest BCUT2D eigenvalue weighted by atomic mass is 15.3. The van der Waals surface area contributed by atoms with Crippen molar-refractivity contribution < 1.29 is 0 Å². The van der Waals surface area contributed by atoms with Crippen LogP contribution in [0.3, 0.4) is 0 Å². The Balaban J connectivity index is 1.91. The predicted octanol–water partition coefficient (Wildman–Crippen LogP) is 1.63. The van der Waals surface area contributed by atoms with Gasteiger partial charge in [-0.2, -0.15) is 0 Å². The SMILES string of the molecule is CCN1C2CCCC[C@@H]21. The maximum Gasteiger partial charge on any atom is 0.0255 e. The van der Waals surface area contributed by atoms with Gasteiger partial charge < -0.3 is 0 Å². The molecule has 0 aromatic carbocycles. The van der Waals surface area contributed by atoms with Gasteiger partial charge in [-0.25, -0.2) is 0 Å². The summed E-state index contributed by atoms with van der Waals surface area (Å²) in [6, 6.07) is 2.03. The lowest BCUT2D eigenvalue weighted by Gasteiger charge is -2.02. The molecule has 1 heteroatoms. The van der Waals surface area contributed by atoms with Gasteiger partial charge in [-0.05, 0) is 19.4 Å². The number of rotatable bonds is 1. The lowest BCUT2D eigenvalue weighted by atomic mass is 10.0. The highest BCUT2D eigenvalue weighted by molar-refractivity contribution is 5.03. The average Bonchev–Trinajstić information content (AvgIpc) is 2.60. The standard InChI is InChI=1S/C8H15N/c1-2-9-7-5-3-4-6-8(7)9/h7-8H,2-6H2,1H3/t7-,8?,9?/m0/s1. The third kappa shape index (κ3) is 0.787. The van der Waals surface area contributed by atoms with Gasteiger partial charge in [-0.15, -0.1) is 0 Å². The van der Waals surface area contributed by atoms with E-state index in [1.165, 1.54) is 32.2 Å². The van der Waals surface area contributed by atoms with E-state index in [1.807, 2.05) is 0 Å². The van der Waals surface area contributed by atoms with Crippen molar-refractivity contribution in [1.29, 1.82) is 0 Å². The van der Waals surface area contributed by atoms with Crippen molar-refractivity contribution in [3.05, 3.63) is 0 Å². The summed E-state index contributed by atoms with van der Waals surface area (Å²) in [5.41, 5.74) is 0. The molecule has 1 aliphatic heterocycles. The van der Waals surface area contributed by atoms with Crippen molar-refractivity contribution in [1.82, 2.24) is 4.90 Å². The first-order valence-corrected chi connectivity index (χ1v) is 4.19. The summed E-state index contributed by atoms with van der Waals surface area (Å²) in [5.74, 6) is 0. The lowest BCUT2D eigenvalue weighted by Crippen LogP contribution is -2.00. The molecule has 0 amide bonds. The van der Waals surface area contributed by atoms with E-state index in [1.54, 1.807) is 0 Å². The van der Waals surface area contributed by atoms with E-state index in [4.69, 9.17) is 0 Å². The van der Waals surface area contributed by atoms with E-state index in [9.17, 15) is 0 Å². The summed E-state index contributed by atoms with van der Waals surface area (Å²) in [7, 11) is 0. The van der Waals surface area contributed by atoms with Crippen molar-refractivity contribution in [3.63, 3.8) is 0 Å². The van der Waals surface area contributed by atoms with Crippen LogP contribution in [-0.4, -0.2) is 23.5 Å². The molecule has 2 aliphatic rings. The Morgan fingerprint density at radius 2 is 1.78 bits per heavy atom. The van der Waals surface area contributed by atoms with Gasteiger partial charge in [0.05, 0.1) is 0 Å². The first-order valence-electron chi connectivity index (χ1n) is 4.19. The lowest BCUT2D eigenvalue weighted by molar-refractivity contribution is 0.506. The number of likely N-dealkylation sites (tertiary alicyclic amines) is 1. The number of likely N-dealkylation sites (N-methyl/N-ethyl adjacent to an activating group) is 1. The number of hydrogen-bond donors (Lipinski definition) is 0. The van der Waals surface area contributed by atoms with E-state index < -0.39 is 0 Å². The van der Waals surface area contributed by atoms with Crippen LogP contribution in [0.4, 0.5) is 0 Å². The molecule has 0 bridgehead atoms. The van der Waals surface area contributed by atoms with Gasteiger partial charge in [0.2, 0.25) is 0 Å². The topological polar surface area (TPSA) is 3.01 Å². The molecule has 1 nitrogen and oxygen atoms in total. The van der Waals surface area contributed by atoms with Crippen LogP contribution in [0.1, 0.15) is 32.6 Å². The molecule has 2 fully saturated rings. The van der Waals surface area contributed by atoms with E-state index in [0.29, 0.717) is 0 Å². The molecule has 0 N–H and O–H groups in total. The molecule has 1 saturated carbocycles. The Bertz CT molecular complexity index is 92.4. The second kappa shape index (κ2) is 1.98. The summed E-state index contributed by atoms with van der Waals surface area (Å²) in [6.07, 6.45) is 5.94. The fourth-order valence-electron chi connectivity index (χ4n) is 2.28. The van der Waals surface area contributed by atoms with E-state index >= 15 is 0 Å². The molecule has 1 aliphatic carbocycles. The molecule has 2 unspecified atom stereocenters. The van der Waals surface area contributed by atoms with Crippen LogP contribution in [0.5, 0.6) is 0 Å². The van der Waals surface area contributed by atoms with Crippen molar-refractivity contribution >= 4 is 0 Å². The highest BCUT2D eigenvalue weighted by Gasteiger charge is 2.46. The fourth-order valence-corrected chi connectivity index (χ4v) is 2.28. The third-order valence-corrected chi connectivity index (χ3v) is 2.82. The van der Waals surface area contributed by atoms with Crippen LogP contribution in [0.15, 0.2) is 0 Å². The Labute approximate surface area is 57.0 Å².